The van der Waals surface area contributed by atoms with Crippen LogP contribution in [0.3, 0.4) is 0 Å². The van der Waals surface area contributed by atoms with Crippen LogP contribution in [0.5, 0.6) is 0 Å². The van der Waals surface area contributed by atoms with E-state index < -0.39 is 0 Å². The average molecular weight is 401 g/mol. The molecule has 0 aliphatic rings. The van der Waals surface area contributed by atoms with Crippen molar-refractivity contribution in [2.45, 2.75) is 6.42 Å². The number of benzene rings is 3. The molecular weight excluding hydrogens is 384 g/mol. The molecule has 3 aromatic carbocycles. The Morgan fingerprint density at radius 3 is 2.10 bits per heavy atom. The van der Waals surface area contributed by atoms with E-state index in [0.717, 1.165) is 5.56 Å². The fourth-order valence-corrected chi connectivity index (χ4v) is 3.00. The molecule has 4 nitrogen and oxygen atoms in total. The van der Waals surface area contributed by atoms with Crippen LogP contribution in [-0.2, 0) is 11.2 Å². The number of nitrogens with zero attached hydrogens (tertiary/aromatic N) is 2. The molecule has 0 unspecified atom stereocenters. The van der Waals surface area contributed by atoms with E-state index in [1.807, 2.05) is 30.3 Å². The van der Waals surface area contributed by atoms with E-state index in [1.165, 1.54) is 30.5 Å². The van der Waals surface area contributed by atoms with Gasteiger partial charge in [-0.1, -0.05) is 42.5 Å². The van der Waals surface area contributed by atoms with E-state index in [1.54, 1.807) is 24.3 Å². The third kappa shape index (κ3) is 4.55. The van der Waals surface area contributed by atoms with Gasteiger partial charge in [-0.05, 0) is 42.0 Å². The minimum absolute atomic E-state index is 0.0793. The van der Waals surface area contributed by atoms with Gasteiger partial charge in [0, 0.05) is 11.1 Å². The first-order valence-electron chi connectivity index (χ1n) is 9.31. The molecule has 1 aromatic heterocycles. The molecule has 0 aliphatic carbocycles. The molecule has 1 heterocycles. The summed E-state index contributed by atoms with van der Waals surface area (Å²) in [6.45, 7) is 0. The van der Waals surface area contributed by atoms with E-state index in [4.69, 9.17) is 0 Å². The van der Waals surface area contributed by atoms with Crippen LogP contribution in [0, 0.1) is 11.6 Å². The normalized spacial score (nSPS) is 10.6. The van der Waals surface area contributed by atoms with E-state index in [9.17, 15) is 13.6 Å². The van der Waals surface area contributed by atoms with Crippen LogP contribution in [0.4, 0.5) is 14.6 Å². The summed E-state index contributed by atoms with van der Waals surface area (Å²) in [6, 6.07) is 21.1. The molecule has 0 radical (unpaired) electrons. The molecule has 4 rings (SSSR count). The molecule has 30 heavy (non-hydrogen) atoms. The molecule has 0 fully saturated rings. The van der Waals surface area contributed by atoms with Crippen molar-refractivity contribution in [1.82, 2.24) is 9.97 Å². The number of rotatable bonds is 5. The van der Waals surface area contributed by atoms with Crippen LogP contribution in [-0.4, -0.2) is 15.9 Å². The van der Waals surface area contributed by atoms with Crippen molar-refractivity contribution >= 4 is 11.7 Å². The summed E-state index contributed by atoms with van der Waals surface area (Å²) >= 11 is 0. The Bertz CT molecular complexity index is 1160. The van der Waals surface area contributed by atoms with Crippen molar-refractivity contribution in [3.63, 3.8) is 0 Å². The maximum Gasteiger partial charge on any atom is 0.230 e. The molecule has 0 spiro atoms. The van der Waals surface area contributed by atoms with Crippen molar-refractivity contribution in [2.75, 3.05) is 5.32 Å². The molecule has 0 atom stereocenters. The number of halogens is 2. The van der Waals surface area contributed by atoms with E-state index in [0.29, 0.717) is 28.3 Å². The third-order valence-electron chi connectivity index (χ3n) is 4.50. The van der Waals surface area contributed by atoms with E-state index in [2.05, 4.69) is 15.3 Å². The zero-order chi connectivity index (χ0) is 20.9. The topological polar surface area (TPSA) is 54.9 Å². The predicted molar refractivity (Wildman–Crippen MR) is 112 cm³/mol. The Hall–Kier alpha value is -3.93. The first kappa shape index (κ1) is 19.4. The van der Waals surface area contributed by atoms with Gasteiger partial charge in [-0.2, -0.15) is 0 Å². The Labute approximate surface area is 172 Å². The predicted octanol–water partition coefficient (Wildman–Crippen LogP) is 5.27. The number of hydrogen-bond donors (Lipinski definition) is 1. The van der Waals surface area contributed by atoms with E-state index in [-0.39, 0.29) is 24.0 Å². The number of amides is 1. The summed E-state index contributed by atoms with van der Waals surface area (Å²) in [7, 11) is 0. The monoisotopic (exact) mass is 401 g/mol. The van der Waals surface area contributed by atoms with Crippen molar-refractivity contribution in [3.8, 4) is 22.5 Å². The van der Waals surface area contributed by atoms with Crippen molar-refractivity contribution < 1.29 is 13.6 Å². The van der Waals surface area contributed by atoms with Crippen molar-refractivity contribution in [2.24, 2.45) is 0 Å². The lowest BCUT2D eigenvalue weighted by molar-refractivity contribution is -0.115. The number of nitrogens with one attached hydrogen (secondary N) is 1. The fourth-order valence-electron chi connectivity index (χ4n) is 3.00. The standard InChI is InChI=1S/C24H17F2N3O/c25-19-10-6-16(7-11-19)14-22(30)29-24-23(18-4-2-1-3-5-18)28-21(15-27-24)17-8-12-20(26)13-9-17/h1-13,15H,14H2,(H,27,29,30). The molecule has 1 N–H and O–H groups in total. The van der Waals surface area contributed by atoms with Crippen molar-refractivity contribution in [1.29, 1.82) is 0 Å². The third-order valence-corrected chi connectivity index (χ3v) is 4.50. The first-order chi connectivity index (χ1) is 14.6. The zero-order valence-corrected chi connectivity index (χ0v) is 15.8. The molecule has 1 amide bonds. The number of hydrogen-bond acceptors (Lipinski definition) is 3. The summed E-state index contributed by atoms with van der Waals surface area (Å²) in [5, 5.41) is 2.79. The maximum absolute atomic E-state index is 13.3. The van der Waals surface area contributed by atoms with Crippen LogP contribution in [0.15, 0.2) is 85.1 Å². The number of carbonyl (C=O) groups is 1. The fraction of sp³-hybridized carbons (Fsp3) is 0.0417. The van der Waals surface area contributed by atoms with Gasteiger partial charge in [0.15, 0.2) is 5.82 Å². The molecule has 0 saturated carbocycles. The highest BCUT2D eigenvalue weighted by molar-refractivity contribution is 5.94. The second-order valence-electron chi connectivity index (χ2n) is 6.68. The van der Waals surface area contributed by atoms with Gasteiger partial charge in [0.25, 0.3) is 0 Å². The highest BCUT2D eigenvalue weighted by Crippen LogP contribution is 2.27. The molecule has 6 heteroatoms. The molecule has 0 saturated heterocycles. The Morgan fingerprint density at radius 1 is 0.800 bits per heavy atom. The van der Waals surface area contributed by atoms with Crippen LogP contribution < -0.4 is 5.32 Å². The Kier molecular flexibility index (Phi) is 5.57. The van der Waals surface area contributed by atoms with E-state index >= 15 is 0 Å². The number of carbonyl (C=O) groups excluding carboxylic acids is 1. The molecule has 0 aliphatic heterocycles. The van der Waals surface area contributed by atoms with Gasteiger partial charge >= 0.3 is 0 Å². The second-order valence-corrected chi connectivity index (χ2v) is 6.68. The average Bonchev–Trinajstić information content (AvgIpc) is 2.77. The molecular formula is C24H17F2N3O. The van der Waals surface area contributed by atoms with Crippen LogP contribution >= 0.6 is 0 Å². The van der Waals surface area contributed by atoms with Gasteiger partial charge in [0.05, 0.1) is 18.3 Å². The van der Waals surface area contributed by atoms with Gasteiger partial charge in [-0.3, -0.25) is 4.79 Å². The SMILES string of the molecule is O=C(Cc1ccc(F)cc1)Nc1ncc(-c2ccc(F)cc2)nc1-c1ccccc1. The van der Waals surface area contributed by atoms with Crippen LogP contribution in [0.1, 0.15) is 5.56 Å². The van der Waals surface area contributed by atoms with Gasteiger partial charge < -0.3 is 5.32 Å². The minimum atomic E-state index is -0.354. The highest BCUT2D eigenvalue weighted by atomic mass is 19.1. The number of anilines is 1. The summed E-state index contributed by atoms with van der Waals surface area (Å²) in [4.78, 5) is 21.6. The minimum Gasteiger partial charge on any atom is -0.309 e. The Morgan fingerprint density at radius 2 is 1.43 bits per heavy atom. The summed E-state index contributed by atoms with van der Waals surface area (Å²) in [6.07, 6.45) is 1.61. The first-order valence-corrected chi connectivity index (χ1v) is 9.31. The smallest absolute Gasteiger partial charge is 0.230 e. The van der Waals surface area contributed by atoms with Gasteiger partial charge in [0.1, 0.15) is 17.3 Å². The second kappa shape index (κ2) is 8.61. The summed E-state index contributed by atoms with van der Waals surface area (Å²) in [5.41, 5.74) is 3.25. The van der Waals surface area contributed by atoms with Crippen molar-refractivity contribution in [3.05, 3.63) is 102 Å². The van der Waals surface area contributed by atoms with Gasteiger partial charge in [0.2, 0.25) is 5.91 Å². The molecule has 148 valence electrons. The zero-order valence-electron chi connectivity index (χ0n) is 15.8. The van der Waals surface area contributed by atoms with Crippen LogP contribution in [0.2, 0.25) is 0 Å². The summed E-state index contributed by atoms with van der Waals surface area (Å²) < 4.78 is 26.3. The largest absolute Gasteiger partial charge is 0.309 e. The Balaban J connectivity index is 1.65. The lowest BCUT2D eigenvalue weighted by atomic mass is 10.1. The summed E-state index contributed by atoms with van der Waals surface area (Å²) in [5.74, 6) is -0.658. The van der Waals surface area contributed by atoms with Gasteiger partial charge in [-0.15, -0.1) is 0 Å². The molecule has 0 bridgehead atoms. The number of aromatic nitrogens is 2. The lowest BCUT2D eigenvalue weighted by Gasteiger charge is -2.12. The van der Waals surface area contributed by atoms with Crippen LogP contribution in [0.25, 0.3) is 22.5 Å². The maximum atomic E-state index is 13.3. The lowest BCUT2D eigenvalue weighted by Crippen LogP contribution is -2.16. The highest BCUT2D eigenvalue weighted by Gasteiger charge is 2.14. The van der Waals surface area contributed by atoms with Gasteiger partial charge in [-0.25, -0.2) is 18.7 Å². The quantitative estimate of drug-likeness (QED) is 0.496. The molecule has 4 aromatic rings.